The van der Waals surface area contributed by atoms with E-state index in [9.17, 15) is 4.79 Å². The van der Waals surface area contributed by atoms with E-state index >= 15 is 0 Å². The number of hydrogen-bond donors (Lipinski definition) is 2. The second-order valence-electron chi connectivity index (χ2n) is 7.08. The van der Waals surface area contributed by atoms with Gasteiger partial charge in [-0.1, -0.05) is 24.9 Å². The van der Waals surface area contributed by atoms with Gasteiger partial charge in [-0.25, -0.2) is 19.1 Å². The maximum Gasteiger partial charge on any atom is 0.333 e. The van der Waals surface area contributed by atoms with Gasteiger partial charge in [0.2, 0.25) is 0 Å². The van der Waals surface area contributed by atoms with E-state index in [4.69, 9.17) is 9.47 Å². The summed E-state index contributed by atoms with van der Waals surface area (Å²) in [5.41, 5.74) is 3.50. The Kier molecular flexibility index (Phi) is 7.01. The summed E-state index contributed by atoms with van der Waals surface area (Å²) < 4.78 is 13.2. The number of carbonyl (C=O) groups excluding carboxylic acids is 1. The summed E-state index contributed by atoms with van der Waals surface area (Å²) >= 11 is 4.25. The molecule has 0 spiro atoms. The second kappa shape index (κ2) is 10.3. The molecule has 10 nitrogen and oxygen atoms in total. The first-order valence-electron chi connectivity index (χ1n) is 10.1. The van der Waals surface area contributed by atoms with Crippen LogP contribution in [0, 0.1) is 0 Å². The molecule has 0 bridgehead atoms. The van der Waals surface area contributed by atoms with Crippen LogP contribution in [-0.2, 0) is 11.3 Å². The minimum atomic E-state index is -0.412. The minimum Gasteiger partial charge on any atom is -0.497 e. The number of aromatic nitrogens is 5. The summed E-state index contributed by atoms with van der Waals surface area (Å²) in [7, 11) is 3.21. The number of urea groups is 1. The highest BCUT2D eigenvalue weighted by atomic mass is 32.1. The Morgan fingerprint density at radius 1 is 1.18 bits per heavy atom. The van der Waals surface area contributed by atoms with E-state index in [1.54, 1.807) is 38.7 Å². The van der Waals surface area contributed by atoms with Gasteiger partial charge in [0.05, 0.1) is 38.3 Å². The molecule has 170 valence electrons. The lowest BCUT2D eigenvalue weighted by Crippen LogP contribution is -2.36. The number of fused-ring (bicyclic) bond motifs is 1. The van der Waals surface area contributed by atoms with Crippen molar-refractivity contribution >= 4 is 35.8 Å². The maximum absolute atomic E-state index is 12.2. The predicted octanol–water partition coefficient (Wildman–Crippen LogP) is 2.95. The standard InChI is InChI=1S/C22H23N7O3S/c1-31-9-8-23-22(30)29(33)20-7-6-18-21(27-20)26-19(12-24-18)16-11-25-28(14-16)13-15-4-3-5-17(10-15)32-2/h3-7,10-12,14,33H,8-9,13H2,1-2H3,(H,23,30). The van der Waals surface area contributed by atoms with Crippen molar-refractivity contribution in [3.05, 3.63) is 60.6 Å². The number of thiol groups is 1. The molecule has 0 aliphatic heterocycles. The van der Waals surface area contributed by atoms with Crippen LogP contribution in [0.1, 0.15) is 5.56 Å². The monoisotopic (exact) mass is 465 g/mol. The van der Waals surface area contributed by atoms with E-state index in [1.807, 2.05) is 35.1 Å². The normalized spacial score (nSPS) is 10.9. The number of amides is 2. The molecule has 0 radical (unpaired) electrons. The average Bonchev–Trinajstić information content (AvgIpc) is 3.31. The Morgan fingerprint density at radius 3 is 2.88 bits per heavy atom. The van der Waals surface area contributed by atoms with Gasteiger partial charge >= 0.3 is 6.03 Å². The summed E-state index contributed by atoms with van der Waals surface area (Å²) in [6.45, 7) is 1.36. The fourth-order valence-electron chi connectivity index (χ4n) is 3.12. The first-order valence-corrected chi connectivity index (χ1v) is 10.5. The number of hydrogen-bond acceptors (Lipinski definition) is 8. The van der Waals surface area contributed by atoms with Crippen molar-refractivity contribution in [2.24, 2.45) is 0 Å². The van der Waals surface area contributed by atoms with Gasteiger partial charge in [0.25, 0.3) is 0 Å². The number of methoxy groups -OCH3 is 2. The largest absolute Gasteiger partial charge is 0.497 e. The number of carbonyl (C=O) groups is 1. The summed E-state index contributed by atoms with van der Waals surface area (Å²) in [5.74, 6) is 1.13. The van der Waals surface area contributed by atoms with Crippen LogP contribution in [0.15, 0.2) is 55.0 Å². The second-order valence-corrected chi connectivity index (χ2v) is 7.48. The molecule has 0 atom stereocenters. The number of anilines is 1. The molecule has 0 unspecified atom stereocenters. The summed E-state index contributed by atoms with van der Waals surface area (Å²) in [6.07, 6.45) is 5.30. The lowest BCUT2D eigenvalue weighted by molar-refractivity contribution is 0.197. The molecular formula is C22H23N7O3S. The Labute approximate surface area is 196 Å². The molecule has 11 heteroatoms. The van der Waals surface area contributed by atoms with Crippen LogP contribution >= 0.6 is 12.8 Å². The number of nitrogens with zero attached hydrogens (tertiary/aromatic N) is 6. The highest BCUT2D eigenvalue weighted by Gasteiger charge is 2.15. The molecule has 1 aromatic carbocycles. The van der Waals surface area contributed by atoms with Gasteiger partial charge in [-0.15, -0.1) is 0 Å². The Bertz CT molecular complexity index is 1260. The van der Waals surface area contributed by atoms with E-state index in [2.05, 4.69) is 38.2 Å². The van der Waals surface area contributed by atoms with Crippen molar-refractivity contribution in [1.29, 1.82) is 0 Å². The molecule has 0 aliphatic carbocycles. The molecule has 33 heavy (non-hydrogen) atoms. The smallest absolute Gasteiger partial charge is 0.333 e. The molecule has 3 aromatic heterocycles. The highest BCUT2D eigenvalue weighted by Crippen LogP contribution is 2.22. The molecule has 0 fully saturated rings. The van der Waals surface area contributed by atoms with Crippen molar-refractivity contribution in [3.63, 3.8) is 0 Å². The lowest BCUT2D eigenvalue weighted by atomic mass is 10.2. The molecular weight excluding hydrogens is 442 g/mol. The van der Waals surface area contributed by atoms with Crippen LogP contribution < -0.4 is 14.4 Å². The molecule has 0 saturated carbocycles. The topological polar surface area (TPSA) is 107 Å². The van der Waals surface area contributed by atoms with Crippen LogP contribution in [0.5, 0.6) is 5.75 Å². The Hall–Kier alpha value is -3.70. The number of rotatable bonds is 8. The van der Waals surface area contributed by atoms with E-state index < -0.39 is 6.03 Å². The zero-order valence-electron chi connectivity index (χ0n) is 18.2. The third-order valence-electron chi connectivity index (χ3n) is 4.79. The van der Waals surface area contributed by atoms with Gasteiger partial charge < -0.3 is 14.8 Å². The predicted molar refractivity (Wildman–Crippen MR) is 127 cm³/mol. The van der Waals surface area contributed by atoms with Crippen LogP contribution in [0.4, 0.5) is 10.6 Å². The number of ether oxygens (including phenoxy) is 2. The van der Waals surface area contributed by atoms with Crippen LogP contribution in [0.25, 0.3) is 22.4 Å². The first kappa shape index (κ1) is 22.5. The highest BCUT2D eigenvalue weighted by molar-refractivity contribution is 7.82. The maximum atomic E-state index is 12.2. The first-order chi connectivity index (χ1) is 16.1. The van der Waals surface area contributed by atoms with Crippen LogP contribution in [0.3, 0.4) is 0 Å². The minimum absolute atomic E-state index is 0.334. The molecule has 0 saturated heterocycles. The van der Waals surface area contributed by atoms with Gasteiger partial charge in [0, 0.05) is 25.4 Å². The molecule has 4 rings (SSSR count). The van der Waals surface area contributed by atoms with Crippen LogP contribution in [-0.4, -0.2) is 58.1 Å². The van der Waals surface area contributed by atoms with E-state index in [-0.39, 0.29) is 0 Å². The van der Waals surface area contributed by atoms with Gasteiger partial charge in [-0.2, -0.15) is 5.10 Å². The SMILES string of the molecule is COCCNC(=O)N(S)c1ccc2ncc(-c3cnn(Cc4cccc(OC)c4)c3)nc2n1. The van der Waals surface area contributed by atoms with Gasteiger partial charge in [0.1, 0.15) is 17.1 Å². The molecule has 3 heterocycles. The molecule has 2 amide bonds. The lowest BCUT2D eigenvalue weighted by Gasteiger charge is -2.15. The van der Waals surface area contributed by atoms with Crippen molar-refractivity contribution < 1.29 is 14.3 Å². The number of pyridine rings is 1. The average molecular weight is 466 g/mol. The van der Waals surface area contributed by atoms with Crippen molar-refractivity contribution in [2.75, 3.05) is 31.7 Å². The molecule has 1 N–H and O–H groups in total. The zero-order chi connectivity index (χ0) is 23.2. The quantitative estimate of drug-likeness (QED) is 0.304. The summed E-state index contributed by atoms with van der Waals surface area (Å²) in [4.78, 5) is 25.7. The van der Waals surface area contributed by atoms with Gasteiger partial charge in [0.15, 0.2) is 5.65 Å². The fraction of sp³-hybridized carbons (Fsp3) is 0.227. The van der Waals surface area contributed by atoms with Gasteiger partial charge in [-0.05, 0) is 29.8 Å². The van der Waals surface area contributed by atoms with Gasteiger partial charge in [-0.3, -0.25) is 9.67 Å². The third-order valence-corrected chi connectivity index (χ3v) is 5.18. The molecule has 0 aliphatic rings. The van der Waals surface area contributed by atoms with E-state index in [0.29, 0.717) is 42.4 Å². The molecule has 4 aromatic rings. The number of nitrogens with one attached hydrogen (secondary N) is 1. The van der Waals surface area contributed by atoms with Crippen molar-refractivity contribution in [1.82, 2.24) is 30.0 Å². The number of benzene rings is 1. The van der Waals surface area contributed by atoms with Crippen molar-refractivity contribution in [2.45, 2.75) is 6.54 Å². The summed E-state index contributed by atoms with van der Waals surface area (Å²) in [5, 5.41) is 7.12. The van der Waals surface area contributed by atoms with Crippen LogP contribution in [0.2, 0.25) is 0 Å². The third kappa shape index (κ3) is 5.38. The van der Waals surface area contributed by atoms with E-state index in [1.165, 1.54) is 0 Å². The van der Waals surface area contributed by atoms with E-state index in [0.717, 1.165) is 21.2 Å². The van der Waals surface area contributed by atoms with Crippen molar-refractivity contribution in [3.8, 4) is 17.0 Å². The Balaban J connectivity index is 1.53. The Morgan fingerprint density at radius 2 is 2.06 bits per heavy atom. The summed E-state index contributed by atoms with van der Waals surface area (Å²) in [6, 6.07) is 10.8. The fourth-order valence-corrected chi connectivity index (χ4v) is 3.31. The zero-order valence-corrected chi connectivity index (χ0v) is 19.1.